The quantitative estimate of drug-likeness (QED) is 0.364. The van der Waals surface area contributed by atoms with Gasteiger partial charge in [-0.2, -0.15) is 0 Å². The standard InChI is InChI=1S/C18H16N4O4S/c1-21(2)17(23)15(12-7-4-3-5-8-12)27-18-20-19-16(26-18)13-9-6-10-14(11-13)22(24)25/h3-11,15H,1-2H3/t15-/m1/s1. The highest BCUT2D eigenvalue weighted by atomic mass is 32.2. The van der Waals surface area contributed by atoms with Crippen LogP contribution in [0.5, 0.6) is 0 Å². The Bertz CT molecular complexity index is 959. The summed E-state index contributed by atoms with van der Waals surface area (Å²) >= 11 is 1.14. The van der Waals surface area contributed by atoms with Crippen molar-refractivity contribution >= 4 is 23.4 Å². The van der Waals surface area contributed by atoms with E-state index >= 15 is 0 Å². The number of carbonyl (C=O) groups is 1. The van der Waals surface area contributed by atoms with Crippen molar-refractivity contribution in [1.82, 2.24) is 15.1 Å². The van der Waals surface area contributed by atoms with Gasteiger partial charge >= 0.3 is 0 Å². The first-order valence-corrected chi connectivity index (χ1v) is 8.85. The molecule has 0 unspecified atom stereocenters. The Morgan fingerprint density at radius 1 is 1.15 bits per heavy atom. The van der Waals surface area contributed by atoms with E-state index in [0.717, 1.165) is 17.3 Å². The van der Waals surface area contributed by atoms with Crippen molar-refractivity contribution < 1.29 is 14.1 Å². The number of hydrogen-bond donors (Lipinski definition) is 0. The van der Waals surface area contributed by atoms with Gasteiger partial charge in [0.25, 0.3) is 10.9 Å². The number of rotatable bonds is 6. The molecule has 0 saturated heterocycles. The number of nitro groups is 1. The first-order valence-electron chi connectivity index (χ1n) is 7.97. The molecule has 138 valence electrons. The highest BCUT2D eigenvalue weighted by molar-refractivity contribution is 8.00. The fraction of sp³-hybridized carbons (Fsp3) is 0.167. The molecule has 9 heteroatoms. The summed E-state index contributed by atoms with van der Waals surface area (Å²) in [7, 11) is 3.36. The van der Waals surface area contributed by atoms with E-state index in [1.807, 2.05) is 30.3 Å². The molecule has 0 fully saturated rings. The van der Waals surface area contributed by atoms with E-state index in [4.69, 9.17) is 4.42 Å². The molecule has 3 rings (SSSR count). The SMILES string of the molecule is CN(C)C(=O)[C@H](Sc1nnc(-c2cccc([N+](=O)[O-])c2)o1)c1ccccc1. The molecule has 2 aromatic carbocycles. The summed E-state index contributed by atoms with van der Waals surface area (Å²) in [5, 5.41) is 18.5. The predicted molar refractivity (Wildman–Crippen MR) is 100 cm³/mol. The highest BCUT2D eigenvalue weighted by Crippen LogP contribution is 2.37. The van der Waals surface area contributed by atoms with Crippen LogP contribution >= 0.6 is 11.8 Å². The number of amides is 1. The van der Waals surface area contributed by atoms with Gasteiger partial charge in [0.1, 0.15) is 5.25 Å². The summed E-state index contributed by atoms with van der Waals surface area (Å²) in [6.45, 7) is 0. The maximum atomic E-state index is 12.6. The lowest BCUT2D eigenvalue weighted by Gasteiger charge is -2.18. The Morgan fingerprint density at radius 3 is 2.56 bits per heavy atom. The molecule has 0 aliphatic heterocycles. The third-order valence-corrected chi connectivity index (χ3v) is 4.77. The van der Waals surface area contributed by atoms with E-state index in [-0.39, 0.29) is 22.7 Å². The molecule has 3 aromatic rings. The van der Waals surface area contributed by atoms with E-state index in [0.29, 0.717) is 5.56 Å². The lowest BCUT2D eigenvalue weighted by molar-refractivity contribution is -0.384. The Morgan fingerprint density at radius 2 is 1.89 bits per heavy atom. The van der Waals surface area contributed by atoms with Gasteiger partial charge in [-0.05, 0) is 23.4 Å². The molecule has 0 saturated carbocycles. The van der Waals surface area contributed by atoms with Crippen LogP contribution in [-0.4, -0.2) is 40.0 Å². The van der Waals surface area contributed by atoms with Crippen LogP contribution in [-0.2, 0) is 4.79 Å². The van der Waals surface area contributed by atoms with Gasteiger partial charge in [-0.1, -0.05) is 36.4 Å². The van der Waals surface area contributed by atoms with Gasteiger partial charge in [-0.3, -0.25) is 14.9 Å². The molecule has 8 nitrogen and oxygen atoms in total. The zero-order valence-electron chi connectivity index (χ0n) is 14.6. The second-order valence-corrected chi connectivity index (χ2v) is 6.88. The van der Waals surface area contributed by atoms with Crippen LogP contribution in [0.1, 0.15) is 10.8 Å². The predicted octanol–water partition coefficient (Wildman–Crippen LogP) is 3.57. The number of thioether (sulfide) groups is 1. The molecular formula is C18H16N4O4S. The van der Waals surface area contributed by atoms with E-state index in [1.165, 1.54) is 17.0 Å². The maximum absolute atomic E-state index is 12.6. The lowest BCUT2D eigenvalue weighted by Crippen LogP contribution is -2.26. The van der Waals surface area contributed by atoms with Crippen LogP contribution in [0.3, 0.4) is 0 Å². The lowest BCUT2D eigenvalue weighted by atomic mass is 10.1. The summed E-state index contributed by atoms with van der Waals surface area (Å²) < 4.78 is 5.63. The third-order valence-electron chi connectivity index (χ3n) is 3.70. The molecule has 0 spiro atoms. The van der Waals surface area contributed by atoms with Crippen LogP contribution in [0.15, 0.2) is 64.2 Å². The van der Waals surface area contributed by atoms with E-state index in [9.17, 15) is 14.9 Å². The first kappa shape index (κ1) is 18.6. The van der Waals surface area contributed by atoms with Crippen molar-refractivity contribution in [2.24, 2.45) is 0 Å². The van der Waals surface area contributed by atoms with E-state index < -0.39 is 10.2 Å². The van der Waals surface area contributed by atoms with Crippen LogP contribution in [0.2, 0.25) is 0 Å². The average molecular weight is 384 g/mol. The molecule has 1 heterocycles. The average Bonchev–Trinajstić information content (AvgIpc) is 3.15. The number of nitro benzene ring substituents is 1. The molecule has 0 aliphatic carbocycles. The topological polar surface area (TPSA) is 102 Å². The Hall–Kier alpha value is -3.20. The van der Waals surface area contributed by atoms with Crippen molar-refractivity contribution in [1.29, 1.82) is 0 Å². The fourth-order valence-corrected chi connectivity index (χ4v) is 3.37. The van der Waals surface area contributed by atoms with Crippen LogP contribution in [0.4, 0.5) is 5.69 Å². The van der Waals surface area contributed by atoms with E-state index in [1.54, 1.807) is 26.2 Å². The highest BCUT2D eigenvalue weighted by Gasteiger charge is 2.26. The van der Waals surface area contributed by atoms with Gasteiger partial charge in [0.2, 0.25) is 11.8 Å². The van der Waals surface area contributed by atoms with Crippen LogP contribution in [0.25, 0.3) is 11.5 Å². The largest absolute Gasteiger partial charge is 0.411 e. The van der Waals surface area contributed by atoms with Gasteiger partial charge < -0.3 is 9.32 Å². The molecule has 1 atom stereocenters. The number of benzene rings is 2. The number of non-ortho nitro benzene ring substituents is 1. The minimum Gasteiger partial charge on any atom is -0.411 e. The van der Waals surface area contributed by atoms with Gasteiger partial charge in [0, 0.05) is 31.8 Å². The Kier molecular flexibility index (Phi) is 5.51. The summed E-state index contributed by atoms with van der Waals surface area (Å²) in [4.78, 5) is 24.5. The monoisotopic (exact) mass is 384 g/mol. The number of carbonyl (C=O) groups excluding carboxylic acids is 1. The normalized spacial score (nSPS) is 11.8. The van der Waals surface area contributed by atoms with Crippen molar-refractivity contribution in [2.45, 2.75) is 10.5 Å². The number of hydrogen-bond acceptors (Lipinski definition) is 7. The van der Waals surface area contributed by atoms with Crippen molar-refractivity contribution in [2.75, 3.05) is 14.1 Å². The van der Waals surface area contributed by atoms with Crippen LogP contribution < -0.4 is 0 Å². The van der Waals surface area contributed by atoms with Crippen molar-refractivity contribution in [3.8, 4) is 11.5 Å². The number of nitrogens with zero attached hydrogens (tertiary/aromatic N) is 4. The number of likely N-dealkylation sites (N-methyl/N-ethyl adjacent to an activating group) is 1. The fourth-order valence-electron chi connectivity index (χ4n) is 2.35. The Labute approximate surface area is 159 Å². The molecule has 0 radical (unpaired) electrons. The first-order chi connectivity index (χ1) is 13.0. The van der Waals surface area contributed by atoms with Gasteiger partial charge in [0.15, 0.2) is 0 Å². The van der Waals surface area contributed by atoms with Gasteiger partial charge in [-0.15, -0.1) is 10.2 Å². The Balaban J connectivity index is 1.87. The second kappa shape index (κ2) is 8.00. The van der Waals surface area contributed by atoms with Gasteiger partial charge in [-0.25, -0.2) is 0 Å². The molecule has 0 N–H and O–H groups in total. The molecule has 27 heavy (non-hydrogen) atoms. The molecule has 1 aromatic heterocycles. The van der Waals surface area contributed by atoms with Gasteiger partial charge in [0.05, 0.1) is 4.92 Å². The summed E-state index contributed by atoms with van der Waals surface area (Å²) in [5.41, 5.74) is 1.19. The summed E-state index contributed by atoms with van der Waals surface area (Å²) in [6, 6.07) is 15.2. The molecule has 1 amide bonds. The van der Waals surface area contributed by atoms with Crippen LogP contribution in [0, 0.1) is 10.1 Å². The smallest absolute Gasteiger partial charge is 0.277 e. The molecule has 0 bridgehead atoms. The molecule has 0 aliphatic rings. The maximum Gasteiger partial charge on any atom is 0.277 e. The minimum atomic E-state index is -0.542. The minimum absolute atomic E-state index is 0.0650. The van der Waals surface area contributed by atoms with E-state index in [2.05, 4.69) is 10.2 Å². The summed E-state index contributed by atoms with van der Waals surface area (Å²) in [5.74, 6) is 0.0478. The van der Waals surface area contributed by atoms with Crippen molar-refractivity contribution in [3.05, 3.63) is 70.3 Å². The zero-order valence-corrected chi connectivity index (χ0v) is 15.4. The molecular weight excluding hydrogens is 368 g/mol. The third kappa shape index (κ3) is 4.32. The number of aromatic nitrogens is 2. The zero-order chi connectivity index (χ0) is 19.4. The van der Waals surface area contributed by atoms with Crippen molar-refractivity contribution in [3.63, 3.8) is 0 Å². The summed E-state index contributed by atoms with van der Waals surface area (Å²) in [6.07, 6.45) is 0. The second-order valence-electron chi connectivity index (χ2n) is 5.82.